The highest BCUT2D eigenvalue weighted by Gasteiger charge is 2.30. The molecule has 8 nitrogen and oxygen atoms in total. The Morgan fingerprint density at radius 1 is 1.68 bits per heavy atom. The Morgan fingerprint density at radius 2 is 2.42 bits per heavy atom. The zero-order valence-corrected chi connectivity index (χ0v) is 10.1. The molecule has 19 heavy (non-hydrogen) atoms. The number of nitrogen functional groups attached to an aromatic ring is 1. The van der Waals surface area contributed by atoms with Gasteiger partial charge in [0, 0.05) is 13.1 Å². The van der Waals surface area contributed by atoms with E-state index < -0.39 is 24.0 Å². The largest absolute Gasteiger partial charge is 0.468 e. The van der Waals surface area contributed by atoms with Gasteiger partial charge in [0.15, 0.2) is 0 Å². The molecule has 2 heterocycles. The van der Waals surface area contributed by atoms with Gasteiger partial charge in [-0.2, -0.15) is 4.98 Å². The van der Waals surface area contributed by atoms with Crippen LogP contribution in [-0.2, 0) is 14.3 Å². The van der Waals surface area contributed by atoms with E-state index in [-0.39, 0.29) is 18.2 Å². The molecule has 2 atom stereocenters. The monoisotopic (exact) mass is 267 g/mol. The molecule has 0 aliphatic carbocycles. The minimum Gasteiger partial charge on any atom is -0.468 e. The smallest absolute Gasteiger partial charge is 0.352 e. The van der Waals surface area contributed by atoms with Crippen molar-refractivity contribution < 1.29 is 19.4 Å². The third kappa shape index (κ3) is 2.91. The predicted octanol–water partition coefficient (Wildman–Crippen LogP) is -0.838. The van der Waals surface area contributed by atoms with Gasteiger partial charge in [0.25, 0.3) is 0 Å². The van der Waals surface area contributed by atoms with Crippen LogP contribution in [-0.4, -0.2) is 33.3 Å². The van der Waals surface area contributed by atoms with E-state index >= 15 is 0 Å². The summed E-state index contributed by atoms with van der Waals surface area (Å²) in [5, 5.41) is 9.81. The highest BCUT2D eigenvalue weighted by atomic mass is 16.6. The number of hydrogen-bond acceptors (Lipinski definition) is 7. The lowest BCUT2D eigenvalue weighted by atomic mass is 10.3. The predicted molar refractivity (Wildman–Crippen MR) is 63.8 cm³/mol. The second kappa shape index (κ2) is 5.11. The fraction of sp³-hybridized carbons (Fsp3) is 0.364. The van der Waals surface area contributed by atoms with Crippen LogP contribution in [0.15, 0.2) is 28.9 Å². The van der Waals surface area contributed by atoms with Gasteiger partial charge in [-0.05, 0) is 12.1 Å². The summed E-state index contributed by atoms with van der Waals surface area (Å²) in [6, 6.07) is 1.42. The van der Waals surface area contributed by atoms with Crippen molar-refractivity contribution in [1.82, 2.24) is 9.55 Å². The van der Waals surface area contributed by atoms with Gasteiger partial charge < -0.3 is 20.3 Å². The van der Waals surface area contributed by atoms with Crippen LogP contribution in [0.1, 0.15) is 13.2 Å². The average Bonchev–Trinajstić information content (AvgIpc) is 2.68. The highest BCUT2D eigenvalue weighted by molar-refractivity contribution is 5.66. The van der Waals surface area contributed by atoms with Gasteiger partial charge in [-0.1, -0.05) is 0 Å². The molecule has 0 saturated carbocycles. The van der Waals surface area contributed by atoms with Crippen molar-refractivity contribution in [2.24, 2.45) is 0 Å². The maximum Gasteiger partial charge on any atom is 0.352 e. The van der Waals surface area contributed by atoms with Gasteiger partial charge in [-0.25, -0.2) is 4.79 Å². The maximum atomic E-state index is 11.6. The number of carbonyl (C=O) groups is 1. The zero-order chi connectivity index (χ0) is 14.0. The molecule has 0 fully saturated rings. The van der Waals surface area contributed by atoms with Crippen molar-refractivity contribution in [3.05, 3.63) is 34.6 Å². The fourth-order valence-corrected chi connectivity index (χ4v) is 1.63. The van der Waals surface area contributed by atoms with E-state index in [1.54, 1.807) is 0 Å². The van der Waals surface area contributed by atoms with Crippen molar-refractivity contribution in [3.8, 4) is 0 Å². The Morgan fingerprint density at radius 3 is 3.05 bits per heavy atom. The summed E-state index contributed by atoms with van der Waals surface area (Å²) in [5.41, 5.74) is 4.74. The summed E-state index contributed by atoms with van der Waals surface area (Å²) in [4.78, 5) is 25.8. The van der Waals surface area contributed by atoms with E-state index in [1.807, 2.05) is 0 Å². The molecule has 2 rings (SSSR count). The van der Waals surface area contributed by atoms with Crippen molar-refractivity contribution in [2.45, 2.75) is 19.3 Å². The van der Waals surface area contributed by atoms with E-state index in [1.165, 1.54) is 25.3 Å². The van der Waals surface area contributed by atoms with Crippen LogP contribution in [0.4, 0.5) is 5.82 Å². The van der Waals surface area contributed by atoms with Gasteiger partial charge in [0.2, 0.25) is 6.23 Å². The molecule has 0 radical (unpaired) electrons. The molecular weight excluding hydrogens is 254 g/mol. The summed E-state index contributed by atoms with van der Waals surface area (Å²) in [6.07, 6.45) is 0.775. The molecule has 0 amide bonds. The maximum absolute atomic E-state index is 11.6. The van der Waals surface area contributed by atoms with Crippen LogP contribution in [0.25, 0.3) is 0 Å². The number of aromatic nitrogens is 2. The van der Waals surface area contributed by atoms with E-state index in [2.05, 4.69) is 4.98 Å². The molecule has 102 valence electrons. The van der Waals surface area contributed by atoms with Crippen LogP contribution in [0.3, 0.4) is 0 Å². The quantitative estimate of drug-likeness (QED) is 0.686. The first-order valence-corrected chi connectivity index (χ1v) is 5.51. The first-order valence-electron chi connectivity index (χ1n) is 5.51. The van der Waals surface area contributed by atoms with Gasteiger partial charge in [0.1, 0.15) is 24.3 Å². The Labute approximate surface area is 108 Å². The summed E-state index contributed by atoms with van der Waals surface area (Å²) in [6.45, 7) is 1.16. The molecule has 1 aromatic heterocycles. The molecule has 1 aliphatic heterocycles. The SMILES string of the molecule is CC(=O)OCC1=C[C@@H](O)C(n2ccc(N)nc2=O)O1. The molecule has 1 aromatic rings. The molecule has 0 saturated heterocycles. The van der Waals surface area contributed by atoms with Gasteiger partial charge in [-0.3, -0.25) is 9.36 Å². The minimum atomic E-state index is -1.03. The van der Waals surface area contributed by atoms with E-state index in [0.717, 1.165) is 4.57 Å². The lowest BCUT2D eigenvalue weighted by Crippen LogP contribution is -2.32. The Kier molecular flexibility index (Phi) is 3.52. The van der Waals surface area contributed by atoms with Crippen LogP contribution in [0.2, 0.25) is 0 Å². The first-order chi connectivity index (χ1) is 8.97. The average molecular weight is 267 g/mol. The van der Waals surface area contributed by atoms with E-state index in [9.17, 15) is 14.7 Å². The van der Waals surface area contributed by atoms with Crippen molar-refractivity contribution in [2.75, 3.05) is 12.3 Å². The Balaban J connectivity index is 2.12. The Bertz CT molecular complexity index is 580. The molecule has 0 aromatic carbocycles. The van der Waals surface area contributed by atoms with Crippen molar-refractivity contribution >= 4 is 11.8 Å². The molecule has 1 aliphatic rings. The number of hydrogen-bond donors (Lipinski definition) is 2. The minimum absolute atomic E-state index is 0.0850. The standard InChI is InChI=1S/C11H13N3O5/c1-6(15)18-5-7-4-8(16)10(19-7)14-3-2-9(12)13-11(14)17/h2-4,8,10,16H,5H2,1H3,(H2,12,13,17)/t8-,10?/m1/s1. The van der Waals surface area contributed by atoms with Gasteiger partial charge in [0.05, 0.1) is 0 Å². The van der Waals surface area contributed by atoms with E-state index in [0.29, 0.717) is 0 Å². The molecule has 0 bridgehead atoms. The summed E-state index contributed by atoms with van der Waals surface area (Å²) >= 11 is 0. The van der Waals surface area contributed by atoms with E-state index in [4.69, 9.17) is 15.2 Å². The summed E-state index contributed by atoms with van der Waals surface area (Å²) < 4.78 is 11.2. The third-order valence-corrected chi connectivity index (χ3v) is 2.46. The number of aliphatic hydroxyl groups is 1. The summed E-state index contributed by atoms with van der Waals surface area (Å²) in [7, 11) is 0. The molecular formula is C11H13N3O5. The molecule has 8 heteroatoms. The fourth-order valence-electron chi connectivity index (χ4n) is 1.63. The number of nitrogens with two attached hydrogens (primary N) is 1. The van der Waals surface area contributed by atoms with Gasteiger partial charge in [-0.15, -0.1) is 0 Å². The normalized spacial score (nSPS) is 21.7. The number of rotatable bonds is 3. The lowest BCUT2D eigenvalue weighted by molar-refractivity contribution is -0.141. The summed E-state index contributed by atoms with van der Waals surface area (Å²) in [5.74, 6) is -0.105. The second-order valence-corrected chi connectivity index (χ2v) is 3.95. The van der Waals surface area contributed by atoms with Crippen LogP contribution in [0.5, 0.6) is 0 Å². The number of esters is 1. The first kappa shape index (κ1) is 13.1. The zero-order valence-electron chi connectivity index (χ0n) is 10.1. The second-order valence-electron chi connectivity index (χ2n) is 3.95. The highest BCUT2D eigenvalue weighted by Crippen LogP contribution is 2.25. The van der Waals surface area contributed by atoms with Crippen LogP contribution < -0.4 is 11.4 Å². The van der Waals surface area contributed by atoms with Crippen molar-refractivity contribution in [3.63, 3.8) is 0 Å². The number of aliphatic hydroxyl groups excluding tert-OH is 1. The number of anilines is 1. The number of ether oxygens (including phenoxy) is 2. The topological polar surface area (TPSA) is 117 Å². The molecule has 0 spiro atoms. The molecule has 3 N–H and O–H groups in total. The van der Waals surface area contributed by atoms with Crippen molar-refractivity contribution in [1.29, 1.82) is 0 Å². The molecule has 1 unspecified atom stereocenters. The third-order valence-electron chi connectivity index (χ3n) is 2.46. The van der Waals surface area contributed by atoms with Gasteiger partial charge >= 0.3 is 11.7 Å². The number of nitrogens with zero attached hydrogens (tertiary/aromatic N) is 2. The number of carbonyl (C=O) groups excluding carboxylic acids is 1. The van der Waals surface area contributed by atoms with Crippen LogP contribution >= 0.6 is 0 Å². The van der Waals surface area contributed by atoms with Crippen LogP contribution in [0, 0.1) is 0 Å². The Hall–Kier alpha value is -2.35. The lowest BCUT2D eigenvalue weighted by Gasteiger charge is -2.18.